The van der Waals surface area contributed by atoms with Gasteiger partial charge in [-0.25, -0.2) is 4.98 Å². The highest BCUT2D eigenvalue weighted by Crippen LogP contribution is 2.36. The van der Waals surface area contributed by atoms with Crippen LogP contribution in [0.5, 0.6) is 0 Å². The highest BCUT2D eigenvalue weighted by Gasteiger charge is 2.20. The number of pyridine rings is 1. The Kier molecular flexibility index (Phi) is 3.58. The van der Waals surface area contributed by atoms with Gasteiger partial charge in [-0.2, -0.15) is 0 Å². The van der Waals surface area contributed by atoms with Gasteiger partial charge in [0.2, 0.25) is 0 Å². The van der Waals surface area contributed by atoms with E-state index in [1.54, 1.807) is 0 Å². The molecule has 0 amide bonds. The van der Waals surface area contributed by atoms with E-state index in [-0.39, 0.29) is 0 Å². The zero-order valence-corrected chi connectivity index (χ0v) is 15.3. The van der Waals surface area contributed by atoms with Crippen LogP contribution in [0.25, 0.3) is 32.9 Å². The first-order valence-corrected chi connectivity index (χ1v) is 9.40. The Hall–Kier alpha value is -2.23. The molecule has 1 aliphatic rings. The first-order valence-electron chi connectivity index (χ1n) is 8.61. The minimum absolute atomic E-state index is 0.882. The second-order valence-corrected chi connectivity index (χ2v) is 7.45. The molecule has 1 N–H and O–H groups in total. The van der Waals surface area contributed by atoms with Gasteiger partial charge < -0.3 is 5.32 Å². The number of benzene rings is 3. The molecule has 3 aromatic carbocycles. The van der Waals surface area contributed by atoms with Gasteiger partial charge in [0.05, 0.1) is 11.2 Å². The minimum Gasteiger partial charge on any atom is -0.312 e. The van der Waals surface area contributed by atoms with E-state index in [4.69, 9.17) is 4.98 Å². The fourth-order valence-electron chi connectivity index (χ4n) is 3.89. The van der Waals surface area contributed by atoms with Crippen LogP contribution in [-0.2, 0) is 13.0 Å². The van der Waals surface area contributed by atoms with Gasteiger partial charge in [0.25, 0.3) is 0 Å². The molecule has 0 unspecified atom stereocenters. The molecule has 2 nitrogen and oxygen atoms in total. The van der Waals surface area contributed by atoms with Crippen molar-refractivity contribution < 1.29 is 0 Å². The average molecular weight is 389 g/mol. The number of rotatable bonds is 1. The number of hydrogen-bond acceptors (Lipinski definition) is 2. The second kappa shape index (κ2) is 5.94. The largest absolute Gasteiger partial charge is 0.312 e. The first-order chi connectivity index (χ1) is 12.3. The number of hydrogen-bond donors (Lipinski definition) is 1. The van der Waals surface area contributed by atoms with Crippen molar-refractivity contribution in [3.63, 3.8) is 0 Å². The van der Waals surface area contributed by atoms with E-state index in [0.717, 1.165) is 35.2 Å². The molecule has 3 heteroatoms. The Morgan fingerprint density at radius 1 is 0.880 bits per heavy atom. The SMILES string of the molecule is Brc1ccc(-c2nc3ccc4ccccc4c3c3c2CNCC3)cc1. The van der Waals surface area contributed by atoms with Crippen molar-refractivity contribution in [3.8, 4) is 11.3 Å². The smallest absolute Gasteiger partial charge is 0.0757 e. The van der Waals surface area contributed by atoms with Crippen molar-refractivity contribution in [2.24, 2.45) is 0 Å². The van der Waals surface area contributed by atoms with Crippen molar-refractivity contribution in [1.29, 1.82) is 0 Å². The topological polar surface area (TPSA) is 24.9 Å². The van der Waals surface area contributed by atoms with Crippen molar-refractivity contribution in [1.82, 2.24) is 10.3 Å². The van der Waals surface area contributed by atoms with Crippen LogP contribution in [0, 0.1) is 0 Å². The number of nitrogens with zero attached hydrogens (tertiary/aromatic N) is 1. The predicted molar refractivity (Wildman–Crippen MR) is 108 cm³/mol. The molecule has 2 heterocycles. The van der Waals surface area contributed by atoms with Gasteiger partial charge in [0.15, 0.2) is 0 Å². The van der Waals surface area contributed by atoms with Gasteiger partial charge >= 0.3 is 0 Å². The van der Waals surface area contributed by atoms with E-state index in [1.165, 1.54) is 32.8 Å². The van der Waals surface area contributed by atoms with E-state index in [9.17, 15) is 0 Å². The molecular formula is C22H17BrN2. The van der Waals surface area contributed by atoms with E-state index in [0.29, 0.717) is 0 Å². The highest BCUT2D eigenvalue weighted by atomic mass is 79.9. The van der Waals surface area contributed by atoms with Crippen LogP contribution < -0.4 is 5.32 Å². The lowest BCUT2D eigenvalue weighted by atomic mass is 9.90. The van der Waals surface area contributed by atoms with Crippen LogP contribution in [0.15, 0.2) is 65.1 Å². The number of aromatic nitrogens is 1. The zero-order chi connectivity index (χ0) is 16.8. The molecule has 1 aliphatic heterocycles. The Bertz CT molecular complexity index is 1100. The van der Waals surface area contributed by atoms with Gasteiger partial charge in [0.1, 0.15) is 0 Å². The molecule has 1 aromatic heterocycles. The van der Waals surface area contributed by atoms with Crippen LogP contribution in [-0.4, -0.2) is 11.5 Å². The van der Waals surface area contributed by atoms with Gasteiger partial charge in [-0.05, 0) is 53.1 Å². The van der Waals surface area contributed by atoms with E-state index < -0.39 is 0 Å². The molecule has 0 bridgehead atoms. The maximum Gasteiger partial charge on any atom is 0.0757 e. The molecular weight excluding hydrogens is 372 g/mol. The lowest BCUT2D eigenvalue weighted by molar-refractivity contribution is 0.646. The van der Waals surface area contributed by atoms with E-state index in [2.05, 4.69) is 81.9 Å². The van der Waals surface area contributed by atoms with Crippen LogP contribution in [0.2, 0.25) is 0 Å². The third-order valence-corrected chi connectivity index (χ3v) is 5.59. The number of nitrogens with one attached hydrogen (secondary N) is 1. The third kappa shape index (κ3) is 2.46. The normalized spacial score (nSPS) is 14.0. The summed E-state index contributed by atoms with van der Waals surface area (Å²) in [6.07, 6.45) is 1.05. The summed E-state index contributed by atoms with van der Waals surface area (Å²) in [7, 11) is 0. The molecule has 0 aliphatic carbocycles. The monoisotopic (exact) mass is 388 g/mol. The fraction of sp³-hybridized carbons (Fsp3) is 0.136. The summed E-state index contributed by atoms with van der Waals surface area (Å²) in [6, 6.07) is 21.5. The van der Waals surface area contributed by atoms with Crippen molar-refractivity contribution in [2.75, 3.05) is 6.54 Å². The standard InChI is InChI=1S/C22H17BrN2/c23-16-8-5-15(6-9-16)22-19-13-24-12-11-18(19)21-17-4-2-1-3-14(17)7-10-20(21)25-22/h1-10,24H,11-13H2. The highest BCUT2D eigenvalue weighted by molar-refractivity contribution is 9.10. The van der Waals surface area contributed by atoms with Crippen LogP contribution >= 0.6 is 15.9 Å². The summed E-state index contributed by atoms with van der Waals surface area (Å²) >= 11 is 3.53. The summed E-state index contributed by atoms with van der Waals surface area (Å²) in [5.41, 5.74) is 6.18. The summed E-state index contributed by atoms with van der Waals surface area (Å²) < 4.78 is 1.09. The Balaban J connectivity index is 1.89. The van der Waals surface area contributed by atoms with Crippen molar-refractivity contribution >= 4 is 37.6 Å². The molecule has 0 saturated carbocycles. The van der Waals surface area contributed by atoms with E-state index in [1.807, 2.05) is 0 Å². The summed E-state index contributed by atoms with van der Waals surface area (Å²) in [5, 5.41) is 7.45. The molecule has 5 rings (SSSR count). The maximum atomic E-state index is 5.08. The average Bonchev–Trinajstić information content (AvgIpc) is 2.67. The van der Waals surface area contributed by atoms with Crippen LogP contribution in [0.4, 0.5) is 0 Å². The summed E-state index contributed by atoms with van der Waals surface area (Å²) in [5.74, 6) is 0. The summed E-state index contributed by atoms with van der Waals surface area (Å²) in [4.78, 5) is 5.08. The van der Waals surface area contributed by atoms with Crippen molar-refractivity contribution in [2.45, 2.75) is 13.0 Å². The minimum atomic E-state index is 0.882. The van der Waals surface area contributed by atoms with Gasteiger partial charge in [-0.15, -0.1) is 0 Å². The Morgan fingerprint density at radius 2 is 1.72 bits per heavy atom. The third-order valence-electron chi connectivity index (χ3n) is 5.06. The number of fused-ring (bicyclic) bond motifs is 5. The van der Waals surface area contributed by atoms with Gasteiger partial charge in [-0.1, -0.05) is 58.4 Å². The van der Waals surface area contributed by atoms with Crippen molar-refractivity contribution in [3.05, 3.63) is 76.3 Å². The quantitative estimate of drug-likeness (QED) is 0.437. The van der Waals surface area contributed by atoms with Crippen LogP contribution in [0.1, 0.15) is 11.1 Å². The Labute approximate surface area is 155 Å². The maximum absolute atomic E-state index is 5.08. The molecule has 0 radical (unpaired) electrons. The number of halogens is 1. The molecule has 0 atom stereocenters. The second-order valence-electron chi connectivity index (χ2n) is 6.53. The Morgan fingerprint density at radius 3 is 2.60 bits per heavy atom. The summed E-state index contributed by atoms with van der Waals surface area (Å²) in [6.45, 7) is 1.90. The zero-order valence-electron chi connectivity index (χ0n) is 13.7. The lowest BCUT2D eigenvalue weighted by Crippen LogP contribution is -2.25. The molecule has 122 valence electrons. The first kappa shape index (κ1) is 15.1. The van der Waals surface area contributed by atoms with Gasteiger partial charge in [0, 0.05) is 22.0 Å². The lowest BCUT2D eigenvalue weighted by Gasteiger charge is -2.23. The van der Waals surface area contributed by atoms with E-state index >= 15 is 0 Å². The molecule has 0 saturated heterocycles. The van der Waals surface area contributed by atoms with Crippen LogP contribution in [0.3, 0.4) is 0 Å². The molecule has 4 aromatic rings. The predicted octanol–water partition coefficient (Wildman–Crippen LogP) is 5.46. The molecule has 0 fully saturated rings. The van der Waals surface area contributed by atoms with Gasteiger partial charge in [-0.3, -0.25) is 0 Å². The fourth-order valence-corrected chi connectivity index (χ4v) is 4.16. The molecule has 0 spiro atoms. The molecule has 25 heavy (non-hydrogen) atoms.